The molecule has 0 bridgehead atoms. The van der Waals surface area contributed by atoms with Gasteiger partial charge in [-0.2, -0.15) is 0 Å². The van der Waals surface area contributed by atoms with Gasteiger partial charge in [-0.3, -0.25) is 0 Å². The van der Waals surface area contributed by atoms with Crippen molar-refractivity contribution < 1.29 is 0 Å². The highest BCUT2D eigenvalue weighted by Crippen LogP contribution is 2.16. The lowest BCUT2D eigenvalue weighted by Gasteiger charge is -2.05. The lowest BCUT2D eigenvalue weighted by atomic mass is 10.2. The molecule has 0 atom stereocenters. The molecule has 4 aromatic rings. The van der Waals surface area contributed by atoms with Crippen molar-refractivity contribution >= 4 is 0 Å². The topological polar surface area (TPSA) is 61.4 Å². The number of nitrogens with zero attached hydrogens (tertiary/aromatic N) is 6. The first-order valence-corrected chi connectivity index (χ1v) is 7.31. The van der Waals surface area contributed by atoms with Crippen LogP contribution in [0.2, 0.25) is 0 Å². The molecule has 2 aromatic carbocycles. The lowest BCUT2D eigenvalue weighted by molar-refractivity contribution is 0.618. The Morgan fingerprint density at radius 2 is 1.57 bits per heavy atom. The van der Waals surface area contributed by atoms with Crippen molar-refractivity contribution in [3.05, 3.63) is 78.8 Å². The van der Waals surface area contributed by atoms with Gasteiger partial charge in [-0.25, -0.2) is 9.36 Å². The van der Waals surface area contributed by atoms with E-state index in [0.29, 0.717) is 6.54 Å². The van der Waals surface area contributed by atoms with Crippen molar-refractivity contribution in [3.8, 4) is 16.9 Å². The van der Waals surface area contributed by atoms with Crippen LogP contribution in [0.25, 0.3) is 16.9 Å². The van der Waals surface area contributed by atoms with Crippen LogP contribution in [0.1, 0.15) is 5.69 Å². The van der Waals surface area contributed by atoms with E-state index in [2.05, 4.69) is 20.6 Å². The minimum Gasteiger partial charge on any atom is -0.246 e. The molecule has 4 rings (SSSR count). The van der Waals surface area contributed by atoms with E-state index in [1.54, 1.807) is 10.9 Å². The average molecular weight is 302 g/mol. The van der Waals surface area contributed by atoms with Crippen molar-refractivity contribution in [2.75, 3.05) is 0 Å². The number of benzene rings is 2. The second-order valence-corrected chi connectivity index (χ2v) is 5.14. The molecule has 112 valence electrons. The van der Waals surface area contributed by atoms with Gasteiger partial charge in [0.2, 0.25) is 0 Å². The van der Waals surface area contributed by atoms with E-state index in [1.165, 1.54) is 0 Å². The minimum absolute atomic E-state index is 0.557. The number of rotatable bonds is 4. The maximum atomic E-state index is 4.23. The van der Waals surface area contributed by atoms with Gasteiger partial charge in [-0.05, 0) is 12.1 Å². The SMILES string of the molecule is c1ccc(-c2cn(Cc3cnnn3-c3ccccc3)nn2)cc1. The molecule has 0 aliphatic heterocycles. The lowest BCUT2D eigenvalue weighted by Crippen LogP contribution is -2.07. The standard InChI is InChI=1S/C17H14N6/c1-3-7-14(8-4-1)17-13-22(21-19-17)12-16-11-18-20-23(16)15-9-5-2-6-10-15/h1-11,13H,12H2. The molecule has 23 heavy (non-hydrogen) atoms. The summed E-state index contributed by atoms with van der Waals surface area (Å²) in [5.41, 5.74) is 3.82. The van der Waals surface area contributed by atoms with Crippen molar-refractivity contribution in [2.45, 2.75) is 6.54 Å². The van der Waals surface area contributed by atoms with Gasteiger partial charge in [0, 0.05) is 5.56 Å². The van der Waals surface area contributed by atoms with Crippen LogP contribution >= 0.6 is 0 Å². The summed E-state index contributed by atoms with van der Waals surface area (Å²) >= 11 is 0. The first-order valence-electron chi connectivity index (χ1n) is 7.31. The maximum absolute atomic E-state index is 4.23. The van der Waals surface area contributed by atoms with E-state index in [1.807, 2.05) is 71.5 Å². The fourth-order valence-corrected chi connectivity index (χ4v) is 2.43. The van der Waals surface area contributed by atoms with Gasteiger partial charge in [0.15, 0.2) is 0 Å². The van der Waals surface area contributed by atoms with Crippen molar-refractivity contribution in [1.29, 1.82) is 0 Å². The summed E-state index contributed by atoms with van der Waals surface area (Å²) in [7, 11) is 0. The van der Waals surface area contributed by atoms with Crippen molar-refractivity contribution in [1.82, 2.24) is 30.0 Å². The monoisotopic (exact) mass is 302 g/mol. The van der Waals surface area contributed by atoms with Crippen LogP contribution in [-0.2, 0) is 6.54 Å². The molecule has 0 aliphatic rings. The van der Waals surface area contributed by atoms with Crippen LogP contribution in [0.15, 0.2) is 73.1 Å². The fraction of sp³-hybridized carbons (Fsp3) is 0.0588. The molecular weight excluding hydrogens is 288 g/mol. The number of hydrogen-bond acceptors (Lipinski definition) is 4. The zero-order chi connectivity index (χ0) is 15.5. The van der Waals surface area contributed by atoms with Gasteiger partial charge < -0.3 is 0 Å². The van der Waals surface area contributed by atoms with Gasteiger partial charge in [-0.15, -0.1) is 10.2 Å². The van der Waals surface area contributed by atoms with Crippen molar-refractivity contribution in [3.63, 3.8) is 0 Å². The average Bonchev–Trinajstić information content (AvgIpc) is 3.26. The van der Waals surface area contributed by atoms with E-state index < -0.39 is 0 Å². The summed E-state index contributed by atoms with van der Waals surface area (Å²) in [6, 6.07) is 19.9. The molecule has 0 amide bonds. The summed E-state index contributed by atoms with van der Waals surface area (Å²) in [4.78, 5) is 0. The quantitative estimate of drug-likeness (QED) is 0.581. The molecule has 0 unspecified atom stereocenters. The molecule has 6 heteroatoms. The largest absolute Gasteiger partial charge is 0.246 e. The zero-order valence-electron chi connectivity index (χ0n) is 12.3. The van der Waals surface area contributed by atoms with E-state index >= 15 is 0 Å². The van der Waals surface area contributed by atoms with E-state index in [4.69, 9.17) is 0 Å². The summed E-state index contributed by atoms with van der Waals surface area (Å²) in [5.74, 6) is 0. The Labute approximate surface area is 133 Å². The second-order valence-electron chi connectivity index (χ2n) is 5.14. The first kappa shape index (κ1) is 13.4. The molecule has 0 saturated carbocycles. The predicted molar refractivity (Wildman–Crippen MR) is 85.9 cm³/mol. The van der Waals surface area contributed by atoms with Crippen LogP contribution in [0.3, 0.4) is 0 Å². The molecule has 0 N–H and O–H groups in total. The normalized spacial score (nSPS) is 10.8. The van der Waals surface area contributed by atoms with E-state index in [0.717, 1.165) is 22.6 Å². The number of aromatic nitrogens is 6. The zero-order valence-corrected chi connectivity index (χ0v) is 12.3. The maximum Gasteiger partial charge on any atom is 0.113 e. The fourth-order valence-electron chi connectivity index (χ4n) is 2.43. The summed E-state index contributed by atoms with van der Waals surface area (Å²) < 4.78 is 3.60. The molecule has 0 radical (unpaired) electrons. The minimum atomic E-state index is 0.557. The van der Waals surface area contributed by atoms with Crippen LogP contribution in [0.4, 0.5) is 0 Å². The predicted octanol–water partition coefficient (Wildman–Crippen LogP) is 2.57. The smallest absolute Gasteiger partial charge is 0.113 e. The third-order valence-corrected chi connectivity index (χ3v) is 3.55. The molecule has 2 aromatic heterocycles. The molecule has 0 spiro atoms. The number of para-hydroxylation sites is 1. The Morgan fingerprint density at radius 3 is 2.35 bits per heavy atom. The van der Waals surface area contributed by atoms with Gasteiger partial charge in [0.1, 0.15) is 5.69 Å². The van der Waals surface area contributed by atoms with Gasteiger partial charge in [-0.1, -0.05) is 59.0 Å². The highest BCUT2D eigenvalue weighted by Gasteiger charge is 2.09. The third-order valence-electron chi connectivity index (χ3n) is 3.55. The van der Waals surface area contributed by atoms with E-state index in [-0.39, 0.29) is 0 Å². The third kappa shape index (κ3) is 2.74. The van der Waals surface area contributed by atoms with E-state index in [9.17, 15) is 0 Å². The Bertz CT molecular complexity index is 895. The first-order chi connectivity index (χ1) is 11.4. The molecule has 6 nitrogen and oxygen atoms in total. The second kappa shape index (κ2) is 5.84. The van der Waals surface area contributed by atoms with Gasteiger partial charge in [0.05, 0.1) is 30.3 Å². The Morgan fingerprint density at radius 1 is 0.826 bits per heavy atom. The molecule has 0 aliphatic carbocycles. The summed E-state index contributed by atoms with van der Waals surface area (Å²) in [6.45, 7) is 0.557. The highest BCUT2D eigenvalue weighted by atomic mass is 15.5. The van der Waals surface area contributed by atoms with Gasteiger partial charge >= 0.3 is 0 Å². The van der Waals surface area contributed by atoms with Crippen LogP contribution in [0.5, 0.6) is 0 Å². The summed E-state index contributed by atoms with van der Waals surface area (Å²) in [5, 5.41) is 16.6. The van der Waals surface area contributed by atoms with Crippen LogP contribution < -0.4 is 0 Å². The molecule has 2 heterocycles. The molecular formula is C17H14N6. The van der Waals surface area contributed by atoms with Crippen LogP contribution in [-0.4, -0.2) is 30.0 Å². The Hall–Kier alpha value is -3.28. The highest BCUT2D eigenvalue weighted by molar-refractivity contribution is 5.57. The molecule has 0 fully saturated rings. The van der Waals surface area contributed by atoms with Crippen LogP contribution in [0, 0.1) is 0 Å². The summed E-state index contributed by atoms with van der Waals surface area (Å²) in [6.07, 6.45) is 3.68. The molecule has 0 saturated heterocycles. The Kier molecular flexibility index (Phi) is 3.40. The number of hydrogen-bond donors (Lipinski definition) is 0. The van der Waals surface area contributed by atoms with Crippen molar-refractivity contribution in [2.24, 2.45) is 0 Å². The van der Waals surface area contributed by atoms with Gasteiger partial charge in [0.25, 0.3) is 0 Å². The Balaban J connectivity index is 1.61.